The maximum absolute atomic E-state index is 12.4. The van der Waals surface area contributed by atoms with Crippen molar-refractivity contribution in [1.29, 1.82) is 0 Å². The van der Waals surface area contributed by atoms with Crippen molar-refractivity contribution >= 4 is 46.4 Å². The Morgan fingerprint density at radius 1 is 1.14 bits per heavy atom. The zero-order chi connectivity index (χ0) is 15.6. The molecule has 0 aromatic heterocycles. The van der Waals surface area contributed by atoms with Gasteiger partial charge >= 0.3 is 0 Å². The monoisotopic (exact) mass is 342 g/mol. The van der Waals surface area contributed by atoms with Gasteiger partial charge in [-0.3, -0.25) is 4.79 Å². The molecule has 0 atom stereocenters. The van der Waals surface area contributed by atoms with E-state index in [1.807, 2.05) is 6.07 Å². The molecule has 0 fully saturated rings. The zero-order valence-electron chi connectivity index (χ0n) is 11.2. The van der Waals surface area contributed by atoms with E-state index in [-0.39, 0.29) is 10.9 Å². The topological polar surface area (TPSA) is 46.3 Å². The fourth-order valence-corrected chi connectivity index (χ4v) is 2.43. The van der Waals surface area contributed by atoms with Crippen LogP contribution in [-0.2, 0) is 6.54 Å². The fraction of sp³-hybridized carbons (Fsp3) is 0.133. The molecule has 0 radical (unpaired) electrons. The van der Waals surface area contributed by atoms with Crippen LogP contribution in [0.5, 0.6) is 0 Å². The first-order valence-corrected chi connectivity index (χ1v) is 7.27. The lowest BCUT2D eigenvalue weighted by Gasteiger charge is -2.18. The smallest absolute Gasteiger partial charge is 0.255 e. The average molecular weight is 344 g/mol. The van der Waals surface area contributed by atoms with E-state index in [1.165, 1.54) is 0 Å². The Balaban J connectivity index is 2.19. The predicted octanol–water partition coefficient (Wildman–Crippen LogP) is 4.50. The number of rotatable bonds is 3. The van der Waals surface area contributed by atoms with Crippen LogP contribution in [0.3, 0.4) is 0 Å². The number of anilines is 1. The highest BCUT2D eigenvalue weighted by molar-refractivity contribution is 6.42. The molecule has 0 aliphatic heterocycles. The van der Waals surface area contributed by atoms with Crippen LogP contribution in [0.1, 0.15) is 15.9 Å². The molecule has 0 unspecified atom stereocenters. The van der Waals surface area contributed by atoms with Crippen molar-refractivity contribution in [1.82, 2.24) is 4.90 Å². The van der Waals surface area contributed by atoms with Crippen LogP contribution in [0.15, 0.2) is 36.4 Å². The van der Waals surface area contributed by atoms with E-state index < -0.39 is 0 Å². The van der Waals surface area contributed by atoms with Gasteiger partial charge in [0.1, 0.15) is 0 Å². The maximum Gasteiger partial charge on any atom is 0.255 e. The Kier molecular flexibility index (Phi) is 4.99. The minimum Gasteiger partial charge on any atom is -0.398 e. The van der Waals surface area contributed by atoms with Gasteiger partial charge in [-0.15, -0.1) is 0 Å². The van der Waals surface area contributed by atoms with Gasteiger partial charge in [0.25, 0.3) is 5.91 Å². The molecule has 1 amide bonds. The van der Waals surface area contributed by atoms with E-state index in [0.717, 1.165) is 5.56 Å². The Labute approximate surface area is 138 Å². The molecule has 0 saturated carbocycles. The summed E-state index contributed by atoms with van der Waals surface area (Å²) in [5, 5.41) is 1.20. The van der Waals surface area contributed by atoms with Gasteiger partial charge in [-0.25, -0.2) is 0 Å². The number of nitrogen functional groups attached to an aromatic ring is 1. The number of hydrogen-bond acceptors (Lipinski definition) is 2. The van der Waals surface area contributed by atoms with E-state index in [1.54, 1.807) is 42.3 Å². The number of halogens is 3. The molecule has 110 valence electrons. The molecule has 3 nitrogen and oxygen atoms in total. The fourth-order valence-electron chi connectivity index (χ4n) is 1.90. The van der Waals surface area contributed by atoms with Crippen LogP contribution >= 0.6 is 34.8 Å². The Bertz CT molecular complexity index is 689. The van der Waals surface area contributed by atoms with Gasteiger partial charge < -0.3 is 10.6 Å². The predicted molar refractivity (Wildman–Crippen MR) is 88.1 cm³/mol. The lowest BCUT2D eigenvalue weighted by molar-refractivity contribution is 0.0785. The summed E-state index contributed by atoms with van der Waals surface area (Å²) in [7, 11) is 1.68. The number of amides is 1. The minimum absolute atomic E-state index is 0.210. The summed E-state index contributed by atoms with van der Waals surface area (Å²) in [6.45, 7) is 0.390. The largest absolute Gasteiger partial charge is 0.398 e. The second kappa shape index (κ2) is 6.56. The molecule has 0 heterocycles. The molecule has 0 aliphatic carbocycles. The van der Waals surface area contributed by atoms with E-state index in [0.29, 0.717) is 27.8 Å². The van der Waals surface area contributed by atoms with Crippen LogP contribution in [0.2, 0.25) is 15.1 Å². The molecule has 0 spiro atoms. The third-order valence-corrected chi connectivity index (χ3v) is 4.17. The summed E-state index contributed by atoms with van der Waals surface area (Å²) in [4.78, 5) is 13.9. The van der Waals surface area contributed by atoms with Crippen molar-refractivity contribution in [3.8, 4) is 0 Å². The first-order valence-electron chi connectivity index (χ1n) is 6.13. The SMILES string of the molecule is CN(Cc1ccc(Cl)c(Cl)c1)C(=O)c1cccc(N)c1Cl. The van der Waals surface area contributed by atoms with Gasteiger partial charge in [-0.05, 0) is 29.8 Å². The van der Waals surface area contributed by atoms with Gasteiger partial charge in [0, 0.05) is 13.6 Å². The Morgan fingerprint density at radius 3 is 2.52 bits per heavy atom. The van der Waals surface area contributed by atoms with E-state index >= 15 is 0 Å². The van der Waals surface area contributed by atoms with Gasteiger partial charge in [0.05, 0.1) is 26.3 Å². The molecule has 6 heteroatoms. The molecular weight excluding hydrogens is 331 g/mol. The standard InChI is InChI=1S/C15H13Cl3N2O/c1-20(8-9-5-6-11(16)12(17)7-9)15(21)10-3-2-4-13(19)14(10)18/h2-7H,8,19H2,1H3. The van der Waals surface area contributed by atoms with Crippen LogP contribution in [-0.4, -0.2) is 17.9 Å². The van der Waals surface area contributed by atoms with Gasteiger partial charge in [-0.1, -0.05) is 46.9 Å². The van der Waals surface area contributed by atoms with Crippen LogP contribution in [0.4, 0.5) is 5.69 Å². The number of hydrogen-bond donors (Lipinski definition) is 1. The van der Waals surface area contributed by atoms with Crippen LogP contribution in [0, 0.1) is 0 Å². The average Bonchev–Trinajstić information content (AvgIpc) is 2.45. The Hall–Kier alpha value is -1.42. The molecule has 21 heavy (non-hydrogen) atoms. The summed E-state index contributed by atoms with van der Waals surface area (Å²) in [6, 6.07) is 10.2. The highest BCUT2D eigenvalue weighted by atomic mass is 35.5. The Morgan fingerprint density at radius 2 is 1.86 bits per heavy atom. The molecule has 0 bridgehead atoms. The summed E-state index contributed by atoms with van der Waals surface area (Å²) < 4.78 is 0. The summed E-state index contributed by atoms with van der Waals surface area (Å²) >= 11 is 17.9. The van der Waals surface area contributed by atoms with Crippen LogP contribution in [0.25, 0.3) is 0 Å². The third kappa shape index (κ3) is 3.62. The molecule has 0 saturated heterocycles. The summed E-state index contributed by atoms with van der Waals surface area (Å²) in [6.07, 6.45) is 0. The second-order valence-electron chi connectivity index (χ2n) is 4.62. The van der Waals surface area contributed by atoms with Crippen molar-refractivity contribution < 1.29 is 4.79 Å². The van der Waals surface area contributed by atoms with E-state index in [2.05, 4.69) is 0 Å². The van der Waals surface area contributed by atoms with E-state index in [9.17, 15) is 4.79 Å². The van der Waals surface area contributed by atoms with Crippen LogP contribution < -0.4 is 5.73 Å². The number of benzene rings is 2. The van der Waals surface area contributed by atoms with Crippen molar-refractivity contribution in [2.45, 2.75) is 6.54 Å². The summed E-state index contributed by atoms with van der Waals surface area (Å²) in [5.41, 5.74) is 7.34. The zero-order valence-corrected chi connectivity index (χ0v) is 13.5. The lowest BCUT2D eigenvalue weighted by Crippen LogP contribution is -2.26. The quantitative estimate of drug-likeness (QED) is 0.834. The van der Waals surface area contributed by atoms with Crippen molar-refractivity contribution in [2.24, 2.45) is 0 Å². The third-order valence-electron chi connectivity index (χ3n) is 3.01. The van der Waals surface area contributed by atoms with Crippen molar-refractivity contribution in [3.05, 3.63) is 62.6 Å². The molecule has 0 aliphatic rings. The molecule has 2 N–H and O–H groups in total. The maximum atomic E-state index is 12.4. The normalized spacial score (nSPS) is 10.5. The molecule has 2 rings (SSSR count). The number of nitrogens with zero attached hydrogens (tertiary/aromatic N) is 1. The van der Waals surface area contributed by atoms with Gasteiger partial charge in [0.15, 0.2) is 0 Å². The van der Waals surface area contributed by atoms with Gasteiger partial charge in [-0.2, -0.15) is 0 Å². The van der Waals surface area contributed by atoms with Crippen molar-refractivity contribution in [2.75, 3.05) is 12.8 Å². The molecule has 2 aromatic rings. The number of nitrogens with two attached hydrogens (primary N) is 1. The first kappa shape index (κ1) is 16.0. The van der Waals surface area contributed by atoms with Crippen molar-refractivity contribution in [3.63, 3.8) is 0 Å². The summed E-state index contributed by atoms with van der Waals surface area (Å²) in [5.74, 6) is -0.210. The second-order valence-corrected chi connectivity index (χ2v) is 5.81. The lowest BCUT2D eigenvalue weighted by atomic mass is 10.1. The first-order chi connectivity index (χ1) is 9.90. The highest BCUT2D eigenvalue weighted by Crippen LogP contribution is 2.26. The molecular formula is C15H13Cl3N2O. The molecule has 2 aromatic carbocycles. The van der Waals surface area contributed by atoms with E-state index in [4.69, 9.17) is 40.5 Å². The van der Waals surface area contributed by atoms with Gasteiger partial charge in [0.2, 0.25) is 0 Å². The minimum atomic E-state index is -0.210. The highest BCUT2D eigenvalue weighted by Gasteiger charge is 2.16. The number of carbonyl (C=O) groups is 1. The number of carbonyl (C=O) groups excluding carboxylic acids is 1.